The van der Waals surface area contributed by atoms with Gasteiger partial charge in [0.25, 0.3) is 0 Å². The number of allylic oxidation sites excluding steroid dienone is 1. The van der Waals surface area contributed by atoms with Crippen molar-refractivity contribution in [2.75, 3.05) is 0 Å². The number of aliphatic hydroxyl groups excluding tert-OH is 1. The van der Waals surface area contributed by atoms with Crippen molar-refractivity contribution in [3.63, 3.8) is 0 Å². The molecular weight excluding hydrogens is 160 g/mol. The molecule has 1 heteroatoms. The second-order valence-corrected chi connectivity index (χ2v) is 4.89. The van der Waals surface area contributed by atoms with Crippen LogP contribution in [0.25, 0.3) is 0 Å². The molecule has 3 rings (SSSR count). The molecule has 0 spiro atoms. The first-order valence-corrected chi connectivity index (χ1v) is 5.79. The fourth-order valence-corrected chi connectivity index (χ4v) is 3.71. The van der Waals surface area contributed by atoms with Crippen LogP contribution < -0.4 is 0 Å². The van der Waals surface area contributed by atoms with Crippen molar-refractivity contribution >= 4 is 0 Å². The molecule has 1 nitrogen and oxygen atoms in total. The van der Waals surface area contributed by atoms with E-state index in [2.05, 4.69) is 0 Å². The Kier molecular flexibility index (Phi) is 1.76. The highest BCUT2D eigenvalue weighted by molar-refractivity contribution is 5.37. The molecule has 3 aliphatic rings. The van der Waals surface area contributed by atoms with Crippen LogP contribution in [0.2, 0.25) is 0 Å². The molecule has 72 valence electrons. The van der Waals surface area contributed by atoms with Crippen LogP contribution in [0, 0.1) is 11.8 Å². The Morgan fingerprint density at radius 1 is 0.923 bits per heavy atom. The van der Waals surface area contributed by atoms with Gasteiger partial charge in [-0.1, -0.05) is 18.4 Å². The van der Waals surface area contributed by atoms with E-state index in [-0.39, 0.29) is 6.10 Å². The van der Waals surface area contributed by atoms with Crippen molar-refractivity contribution in [3.8, 4) is 0 Å². The molecule has 0 unspecified atom stereocenters. The van der Waals surface area contributed by atoms with E-state index >= 15 is 0 Å². The molecule has 1 N–H and O–H groups in total. The Hall–Kier alpha value is -0.300. The van der Waals surface area contributed by atoms with E-state index < -0.39 is 0 Å². The van der Waals surface area contributed by atoms with Gasteiger partial charge in [-0.05, 0) is 49.5 Å². The van der Waals surface area contributed by atoms with Crippen LogP contribution in [-0.2, 0) is 0 Å². The average molecular weight is 178 g/mol. The fraction of sp³-hybridized carbons (Fsp3) is 0.833. The Bertz CT molecular complexity index is 254. The highest BCUT2D eigenvalue weighted by Gasteiger charge is 2.44. The maximum Gasteiger partial charge on any atom is 0.0755 e. The van der Waals surface area contributed by atoms with Gasteiger partial charge in [-0.15, -0.1) is 0 Å². The zero-order valence-electron chi connectivity index (χ0n) is 8.13. The van der Waals surface area contributed by atoms with E-state index in [1.807, 2.05) is 0 Å². The van der Waals surface area contributed by atoms with Crippen LogP contribution in [-0.4, -0.2) is 11.2 Å². The lowest BCUT2D eigenvalue weighted by atomic mass is 9.57. The number of rotatable bonds is 0. The van der Waals surface area contributed by atoms with Gasteiger partial charge in [0.2, 0.25) is 0 Å². The second kappa shape index (κ2) is 2.84. The molecule has 0 aromatic carbocycles. The van der Waals surface area contributed by atoms with Gasteiger partial charge in [-0.25, -0.2) is 0 Å². The van der Waals surface area contributed by atoms with Gasteiger partial charge < -0.3 is 5.11 Å². The fourth-order valence-electron chi connectivity index (χ4n) is 3.71. The molecule has 0 aromatic rings. The lowest BCUT2D eigenvalue weighted by Crippen LogP contribution is -2.41. The topological polar surface area (TPSA) is 20.2 Å². The first kappa shape index (κ1) is 8.05. The minimum Gasteiger partial charge on any atom is -0.389 e. The Labute approximate surface area is 79.8 Å². The first-order chi connectivity index (χ1) is 6.38. The van der Waals surface area contributed by atoms with Crippen molar-refractivity contribution in [2.45, 2.75) is 51.0 Å². The van der Waals surface area contributed by atoms with E-state index in [0.29, 0.717) is 0 Å². The Morgan fingerprint density at radius 2 is 1.69 bits per heavy atom. The zero-order chi connectivity index (χ0) is 8.84. The van der Waals surface area contributed by atoms with Gasteiger partial charge in [0, 0.05) is 0 Å². The Balaban J connectivity index is 1.90. The molecule has 0 radical (unpaired) electrons. The van der Waals surface area contributed by atoms with E-state index in [1.54, 1.807) is 5.57 Å². The normalized spacial score (nSPS) is 43.6. The summed E-state index contributed by atoms with van der Waals surface area (Å²) in [5.41, 5.74) is 3.15. The molecule has 3 atom stereocenters. The molecule has 0 amide bonds. The summed E-state index contributed by atoms with van der Waals surface area (Å²) in [5, 5.41) is 9.88. The van der Waals surface area contributed by atoms with Crippen LogP contribution in [0.5, 0.6) is 0 Å². The van der Waals surface area contributed by atoms with Crippen molar-refractivity contribution in [3.05, 3.63) is 11.1 Å². The largest absolute Gasteiger partial charge is 0.389 e. The van der Waals surface area contributed by atoms with E-state index in [4.69, 9.17) is 0 Å². The van der Waals surface area contributed by atoms with Crippen LogP contribution in [0.3, 0.4) is 0 Å². The third-order valence-corrected chi connectivity index (χ3v) is 4.27. The summed E-state index contributed by atoms with van der Waals surface area (Å²) in [5.74, 6) is 1.71. The highest BCUT2D eigenvalue weighted by atomic mass is 16.3. The maximum atomic E-state index is 9.88. The van der Waals surface area contributed by atoms with Gasteiger partial charge in [0.05, 0.1) is 6.10 Å². The van der Waals surface area contributed by atoms with Gasteiger partial charge in [-0.2, -0.15) is 0 Å². The lowest BCUT2D eigenvalue weighted by Gasteiger charge is -2.49. The summed E-state index contributed by atoms with van der Waals surface area (Å²) in [6.07, 6.45) is 9.09. The van der Waals surface area contributed by atoms with Gasteiger partial charge in [0.15, 0.2) is 0 Å². The zero-order valence-corrected chi connectivity index (χ0v) is 8.13. The minimum absolute atomic E-state index is 0.0527. The van der Waals surface area contributed by atoms with E-state index in [0.717, 1.165) is 18.3 Å². The number of aliphatic hydroxyl groups is 1. The SMILES string of the molecule is O[C@@H]1CCCC2=C1[C@@H]1CCCC[C@H]21. The van der Waals surface area contributed by atoms with Crippen LogP contribution in [0.15, 0.2) is 11.1 Å². The third-order valence-electron chi connectivity index (χ3n) is 4.27. The van der Waals surface area contributed by atoms with Gasteiger partial charge in [0.1, 0.15) is 0 Å². The number of hydrogen-bond acceptors (Lipinski definition) is 1. The maximum absolute atomic E-state index is 9.88. The predicted molar refractivity (Wildman–Crippen MR) is 52.3 cm³/mol. The molecule has 13 heavy (non-hydrogen) atoms. The monoisotopic (exact) mass is 178 g/mol. The molecule has 0 saturated heterocycles. The van der Waals surface area contributed by atoms with Crippen LogP contribution in [0.4, 0.5) is 0 Å². The highest BCUT2D eigenvalue weighted by Crippen LogP contribution is 2.54. The van der Waals surface area contributed by atoms with Gasteiger partial charge in [-0.3, -0.25) is 0 Å². The molecular formula is C12H18O. The molecule has 1 fully saturated rings. The average Bonchev–Trinajstić information content (AvgIpc) is 2.14. The first-order valence-electron chi connectivity index (χ1n) is 5.79. The summed E-state index contributed by atoms with van der Waals surface area (Å²) in [7, 11) is 0. The van der Waals surface area contributed by atoms with Crippen molar-refractivity contribution in [1.29, 1.82) is 0 Å². The molecule has 0 aliphatic heterocycles. The summed E-state index contributed by atoms with van der Waals surface area (Å²) < 4.78 is 0. The quantitative estimate of drug-likeness (QED) is 0.565. The van der Waals surface area contributed by atoms with Crippen LogP contribution >= 0.6 is 0 Å². The van der Waals surface area contributed by atoms with E-state index in [9.17, 15) is 5.11 Å². The van der Waals surface area contributed by atoms with Crippen molar-refractivity contribution in [2.24, 2.45) is 11.8 Å². The summed E-state index contributed by atoms with van der Waals surface area (Å²) in [6, 6.07) is 0. The molecule has 0 heterocycles. The summed E-state index contributed by atoms with van der Waals surface area (Å²) in [4.78, 5) is 0. The molecule has 1 saturated carbocycles. The Morgan fingerprint density at radius 3 is 2.54 bits per heavy atom. The molecule has 0 aromatic heterocycles. The third kappa shape index (κ3) is 1.03. The number of fused-ring (bicyclic) bond motifs is 3. The van der Waals surface area contributed by atoms with Crippen molar-refractivity contribution in [1.82, 2.24) is 0 Å². The molecule has 3 aliphatic carbocycles. The smallest absolute Gasteiger partial charge is 0.0755 e. The standard InChI is InChI=1S/C12H18O/c13-11-7-3-6-10-8-4-1-2-5-9(8)12(10)11/h8-9,11,13H,1-7H2/t8-,9+,11+/m0/s1. The summed E-state index contributed by atoms with van der Waals surface area (Å²) in [6.45, 7) is 0. The number of hydrogen-bond donors (Lipinski definition) is 1. The summed E-state index contributed by atoms with van der Waals surface area (Å²) >= 11 is 0. The minimum atomic E-state index is -0.0527. The van der Waals surface area contributed by atoms with Crippen molar-refractivity contribution < 1.29 is 5.11 Å². The van der Waals surface area contributed by atoms with Crippen LogP contribution in [0.1, 0.15) is 44.9 Å². The van der Waals surface area contributed by atoms with Gasteiger partial charge >= 0.3 is 0 Å². The van der Waals surface area contributed by atoms with E-state index in [1.165, 1.54) is 44.1 Å². The molecule has 0 bridgehead atoms. The second-order valence-electron chi connectivity index (χ2n) is 4.89. The predicted octanol–water partition coefficient (Wildman–Crippen LogP) is 2.65. The lowest BCUT2D eigenvalue weighted by molar-refractivity contribution is 0.120.